The Hall–Kier alpha value is -4.73. The molecule has 58 heavy (non-hydrogen) atoms. The van der Waals surface area contributed by atoms with E-state index in [0.29, 0.717) is 37.2 Å². The van der Waals surface area contributed by atoms with Crippen LogP contribution in [0.25, 0.3) is 0 Å². The maximum absolute atomic E-state index is 13.8. The summed E-state index contributed by atoms with van der Waals surface area (Å²) in [5, 5.41) is 16.1. The number of aromatic nitrogens is 2. The van der Waals surface area contributed by atoms with E-state index in [0.717, 1.165) is 60.0 Å². The summed E-state index contributed by atoms with van der Waals surface area (Å²) in [4.78, 5) is 47.2. The zero-order chi connectivity index (χ0) is 41.8. The van der Waals surface area contributed by atoms with Gasteiger partial charge >= 0.3 is 5.97 Å². The van der Waals surface area contributed by atoms with E-state index in [9.17, 15) is 28.3 Å². The first kappa shape index (κ1) is 44.4. The molecule has 0 saturated heterocycles. The molecule has 2 saturated carbocycles. The van der Waals surface area contributed by atoms with Crippen LogP contribution in [-0.4, -0.2) is 70.2 Å². The highest BCUT2D eigenvalue weighted by Gasteiger charge is 2.33. The van der Waals surface area contributed by atoms with Gasteiger partial charge in [-0.1, -0.05) is 12.1 Å². The number of hydrogen-bond acceptors (Lipinski definition) is 11. The van der Waals surface area contributed by atoms with Gasteiger partial charge in [-0.05, 0) is 132 Å². The maximum Gasteiger partial charge on any atom is 0.308 e. The first-order valence-electron chi connectivity index (χ1n) is 19.1. The predicted molar refractivity (Wildman–Crippen MR) is 220 cm³/mol. The highest BCUT2D eigenvalue weighted by atomic mass is 32.2. The number of methoxy groups -OCH3 is 1. The zero-order valence-corrected chi connectivity index (χ0v) is 34.9. The Kier molecular flexibility index (Phi) is 15.9. The third kappa shape index (κ3) is 12.6. The Morgan fingerprint density at radius 1 is 0.707 bits per heavy atom. The molecule has 2 aliphatic rings. The van der Waals surface area contributed by atoms with Crippen molar-refractivity contribution in [1.82, 2.24) is 20.6 Å². The van der Waals surface area contributed by atoms with E-state index in [1.165, 1.54) is 7.11 Å². The van der Waals surface area contributed by atoms with Crippen molar-refractivity contribution in [2.24, 2.45) is 11.8 Å². The second-order valence-electron chi connectivity index (χ2n) is 14.8. The summed E-state index contributed by atoms with van der Waals surface area (Å²) in [5.74, 6) is -1.01. The number of hydrogen-bond donors (Lipinski definition) is 3. The standard InChI is InChI=1S/C22H27FN2O3S.C21H23FN2O4S/c1-22(2,27)14-7-9-16(10-8-14)25-20(26)19-11-15(23)13-24-21(19)28-17-5-4-6-18(12-17)29-3;1-27-21(26)13-6-8-15(9-7-13)24-19(25)18-10-14(22)12-23-20(18)28-16-4-3-5-17(11-16)29-2/h4-6,11-14,16,27H,7-10H2,1-3H3,(H,25,26);3-5,10-13,15H,6-9H2,1-2H3,(H,24,25). The molecule has 4 aromatic rings. The van der Waals surface area contributed by atoms with Gasteiger partial charge in [-0.15, -0.1) is 23.5 Å². The van der Waals surface area contributed by atoms with Crippen molar-refractivity contribution in [3.8, 4) is 23.3 Å². The van der Waals surface area contributed by atoms with Crippen LogP contribution in [0.15, 0.2) is 82.8 Å². The van der Waals surface area contributed by atoms with E-state index in [1.54, 1.807) is 35.7 Å². The molecule has 0 aliphatic heterocycles. The van der Waals surface area contributed by atoms with Crippen LogP contribution in [0.4, 0.5) is 8.78 Å². The average Bonchev–Trinajstić information content (AvgIpc) is 3.22. The number of thioether (sulfide) groups is 2. The lowest BCUT2D eigenvalue weighted by molar-refractivity contribution is -0.146. The van der Waals surface area contributed by atoms with E-state index in [-0.39, 0.29) is 52.8 Å². The van der Waals surface area contributed by atoms with Gasteiger partial charge in [0.05, 0.1) is 31.0 Å². The van der Waals surface area contributed by atoms with Crippen LogP contribution in [0.2, 0.25) is 0 Å². The van der Waals surface area contributed by atoms with Crippen molar-refractivity contribution in [3.05, 3.63) is 95.8 Å². The van der Waals surface area contributed by atoms with Crippen LogP contribution in [0.1, 0.15) is 85.9 Å². The molecule has 310 valence electrons. The summed E-state index contributed by atoms with van der Waals surface area (Å²) in [6.45, 7) is 3.65. The fourth-order valence-electron chi connectivity index (χ4n) is 7.00. The number of carbonyl (C=O) groups excluding carboxylic acids is 3. The van der Waals surface area contributed by atoms with Crippen LogP contribution >= 0.6 is 23.5 Å². The van der Waals surface area contributed by atoms with Crippen LogP contribution in [0, 0.1) is 23.5 Å². The molecule has 0 spiro atoms. The number of halogens is 2. The first-order valence-corrected chi connectivity index (χ1v) is 21.6. The molecule has 11 nitrogen and oxygen atoms in total. The Morgan fingerprint density at radius 3 is 1.53 bits per heavy atom. The molecule has 6 rings (SSSR count). The van der Waals surface area contributed by atoms with Gasteiger partial charge in [-0.25, -0.2) is 18.7 Å². The number of esters is 1. The molecule has 0 atom stereocenters. The van der Waals surface area contributed by atoms with E-state index in [2.05, 4.69) is 20.6 Å². The molecule has 0 radical (unpaired) electrons. The number of rotatable bonds is 12. The van der Waals surface area contributed by atoms with E-state index >= 15 is 0 Å². The Bertz CT molecular complexity index is 2030. The van der Waals surface area contributed by atoms with E-state index in [1.807, 2.05) is 62.8 Å². The number of nitrogens with one attached hydrogen (secondary N) is 2. The minimum absolute atomic E-state index is 0.0166. The molecular weight excluding hydrogens is 787 g/mol. The van der Waals surface area contributed by atoms with Gasteiger partial charge in [0.2, 0.25) is 11.8 Å². The van der Waals surface area contributed by atoms with Crippen molar-refractivity contribution in [2.45, 2.75) is 92.7 Å². The highest BCUT2D eigenvalue weighted by molar-refractivity contribution is 7.98. The maximum atomic E-state index is 13.8. The van der Waals surface area contributed by atoms with Gasteiger partial charge in [0, 0.05) is 21.9 Å². The van der Waals surface area contributed by atoms with Gasteiger partial charge in [-0.3, -0.25) is 14.4 Å². The van der Waals surface area contributed by atoms with Gasteiger partial charge in [0.1, 0.15) is 34.3 Å². The van der Waals surface area contributed by atoms with E-state index in [4.69, 9.17) is 14.2 Å². The molecule has 2 heterocycles. The second kappa shape index (κ2) is 20.8. The van der Waals surface area contributed by atoms with Crippen LogP contribution in [-0.2, 0) is 9.53 Å². The summed E-state index contributed by atoms with van der Waals surface area (Å²) in [6.07, 6.45) is 11.8. The normalized spacial score (nSPS) is 19.2. The Morgan fingerprint density at radius 2 is 1.14 bits per heavy atom. The summed E-state index contributed by atoms with van der Waals surface area (Å²) in [5.41, 5.74) is -0.604. The smallest absolute Gasteiger partial charge is 0.308 e. The minimum atomic E-state index is -0.715. The molecule has 3 N–H and O–H groups in total. The topological polar surface area (TPSA) is 149 Å². The van der Waals surface area contributed by atoms with Gasteiger partial charge in [-0.2, -0.15) is 0 Å². The Labute approximate surface area is 346 Å². The molecule has 0 bridgehead atoms. The number of carbonyl (C=O) groups is 3. The van der Waals surface area contributed by atoms with E-state index < -0.39 is 29.0 Å². The summed E-state index contributed by atoms with van der Waals surface area (Å²) in [7, 11) is 1.38. The lowest BCUT2D eigenvalue weighted by Gasteiger charge is -2.36. The quantitative estimate of drug-likeness (QED) is 0.0928. The SMILES string of the molecule is COC(=O)C1CCC(NC(=O)c2cc(F)cnc2Oc2cccc(SC)c2)CC1.CSc1cccc(Oc2ncc(F)cc2C(=O)NC2CCC(C(C)(C)O)CC2)c1. The third-order valence-corrected chi connectivity index (χ3v) is 11.7. The lowest BCUT2D eigenvalue weighted by atomic mass is 9.77. The molecule has 2 aliphatic carbocycles. The van der Waals surface area contributed by atoms with Crippen LogP contribution in [0.5, 0.6) is 23.3 Å². The minimum Gasteiger partial charge on any atom is -0.469 e. The number of benzene rings is 2. The van der Waals surface area contributed by atoms with Crippen molar-refractivity contribution in [3.63, 3.8) is 0 Å². The number of amides is 2. The zero-order valence-electron chi connectivity index (χ0n) is 33.3. The van der Waals surface area contributed by atoms with Crippen molar-refractivity contribution in [2.75, 3.05) is 19.6 Å². The largest absolute Gasteiger partial charge is 0.469 e. The summed E-state index contributed by atoms with van der Waals surface area (Å²) >= 11 is 3.13. The third-order valence-electron chi connectivity index (χ3n) is 10.3. The Balaban J connectivity index is 0.000000221. The fourth-order valence-corrected chi connectivity index (χ4v) is 7.90. The second-order valence-corrected chi connectivity index (χ2v) is 16.6. The lowest BCUT2D eigenvalue weighted by Crippen LogP contribution is -2.41. The van der Waals surface area contributed by atoms with Crippen molar-refractivity contribution < 1.29 is 42.5 Å². The number of aliphatic hydroxyl groups is 1. The van der Waals surface area contributed by atoms with Crippen LogP contribution < -0.4 is 20.1 Å². The predicted octanol–water partition coefficient (Wildman–Crippen LogP) is 8.99. The number of nitrogens with zero attached hydrogens (tertiary/aromatic N) is 2. The molecule has 2 aromatic heterocycles. The van der Waals surface area contributed by atoms with Crippen molar-refractivity contribution in [1.29, 1.82) is 0 Å². The van der Waals surface area contributed by atoms with Gasteiger partial charge in [0.25, 0.3) is 11.8 Å². The van der Waals surface area contributed by atoms with Crippen molar-refractivity contribution >= 4 is 41.3 Å². The number of ether oxygens (including phenoxy) is 3. The molecule has 2 fully saturated rings. The first-order chi connectivity index (χ1) is 27.8. The molecular formula is C43H50F2N4O7S2. The highest BCUT2D eigenvalue weighted by Crippen LogP contribution is 2.34. The molecule has 2 amide bonds. The average molecular weight is 837 g/mol. The summed E-state index contributed by atoms with van der Waals surface area (Å²) < 4.78 is 43.9. The fraction of sp³-hybridized carbons (Fsp3) is 0.419. The van der Waals surface area contributed by atoms with Gasteiger partial charge < -0.3 is 30.0 Å². The molecule has 2 aromatic carbocycles. The molecule has 0 unspecified atom stereocenters. The molecule has 15 heteroatoms. The summed E-state index contributed by atoms with van der Waals surface area (Å²) in [6, 6.07) is 16.9. The van der Waals surface area contributed by atoms with Gasteiger partial charge in [0.15, 0.2) is 0 Å². The van der Waals surface area contributed by atoms with Crippen LogP contribution in [0.3, 0.4) is 0 Å². The number of pyridine rings is 2. The monoisotopic (exact) mass is 836 g/mol.